The minimum absolute atomic E-state index is 0.104. The molecule has 1 aliphatic carbocycles. The van der Waals surface area contributed by atoms with Crippen LogP contribution in [0.2, 0.25) is 0 Å². The van der Waals surface area contributed by atoms with Gasteiger partial charge in [-0.25, -0.2) is 4.52 Å². The first-order valence-electron chi connectivity index (χ1n) is 9.01. The highest BCUT2D eigenvalue weighted by atomic mass is 16.5. The molecule has 0 atom stereocenters. The number of aliphatic hydroxyl groups is 1. The van der Waals surface area contributed by atoms with Crippen molar-refractivity contribution >= 4 is 11.3 Å². The summed E-state index contributed by atoms with van der Waals surface area (Å²) in [6.07, 6.45) is 7.01. The number of nitrogens with two attached hydrogens (primary N) is 1. The molecule has 0 bridgehead atoms. The molecule has 0 unspecified atom stereocenters. The molecule has 6 heteroatoms. The number of aryl methyl sites for hydroxylation is 1. The first kappa shape index (κ1) is 16.8. The van der Waals surface area contributed by atoms with Gasteiger partial charge in [-0.2, -0.15) is 5.10 Å². The van der Waals surface area contributed by atoms with Gasteiger partial charge >= 0.3 is 0 Å². The minimum atomic E-state index is -0.568. The molecule has 0 spiro atoms. The summed E-state index contributed by atoms with van der Waals surface area (Å²) in [6, 6.07) is 7.95. The lowest BCUT2D eigenvalue weighted by Crippen LogP contribution is -2.34. The summed E-state index contributed by atoms with van der Waals surface area (Å²) in [5, 5.41) is 14.4. The number of pyridine rings is 2. The molecule has 0 radical (unpaired) electrons. The van der Waals surface area contributed by atoms with Gasteiger partial charge in [0.05, 0.1) is 23.4 Å². The van der Waals surface area contributed by atoms with E-state index in [2.05, 4.69) is 16.1 Å². The molecule has 0 aliphatic heterocycles. The minimum Gasteiger partial charge on any atom is -0.488 e. The SMILES string of the molecule is Cc1cc(-c2ccn3nc(N)cc3c2)c(O[C@H]2CC[C@](C)(O)CC2)cn1. The fourth-order valence-electron chi connectivity index (χ4n) is 3.56. The zero-order chi connectivity index (χ0) is 18.3. The average Bonchev–Trinajstić information content (AvgIpc) is 2.97. The molecule has 136 valence electrons. The van der Waals surface area contributed by atoms with E-state index in [-0.39, 0.29) is 6.10 Å². The number of hydrogen-bond acceptors (Lipinski definition) is 5. The summed E-state index contributed by atoms with van der Waals surface area (Å²) in [5.74, 6) is 1.28. The molecular weight excluding hydrogens is 328 g/mol. The Morgan fingerprint density at radius 1 is 1.27 bits per heavy atom. The topological polar surface area (TPSA) is 85.7 Å². The molecule has 1 saturated carbocycles. The van der Waals surface area contributed by atoms with Crippen molar-refractivity contribution in [3.8, 4) is 16.9 Å². The zero-order valence-corrected chi connectivity index (χ0v) is 15.1. The molecule has 3 N–H and O–H groups in total. The number of nitrogens with zero attached hydrogens (tertiary/aromatic N) is 3. The van der Waals surface area contributed by atoms with Crippen LogP contribution in [0.25, 0.3) is 16.6 Å². The Kier molecular flexibility index (Phi) is 4.07. The Balaban J connectivity index is 1.65. The second-order valence-electron chi connectivity index (χ2n) is 7.49. The summed E-state index contributed by atoms with van der Waals surface area (Å²) < 4.78 is 8.05. The van der Waals surface area contributed by atoms with Crippen molar-refractivity contribution in [2.45, 2.75) is 51.2 Å². The highest BCUT2D eigenvalue weighted by Crippen LogP contribution is 2.35. The van der Waals surface area contributed by atoms with Gasteiger partial charge in [0, 0.05) is 23.5 Å². The third-order valence-electron chi connectivity index (χ3n) is 5.10. The first-order valence-corrected chi connectivity index (χ1v) is 9.01. The standard InChI is InChI=1S/C20H24N4O2/c1-13-9-17(14-5-8-24-15(10-14)11-19(21)23-24)18(12-22-13)26-16-3-6-20(2,25)7-4-16/h5,8-12,16,25H,3-4,6-7H2,1-2H3,(H2,21,23)/t16-,20-. The Morgan fingerprint density at radius 3 is 2.81 bits per heavy atom. The van der Waals surface area contributed by atoms with E-state index in [0.29, 0.717) is 5.82 Å². The maximum Gasteiger partial charge on any atom is 0.146 e. The molecule has 26 heavy (non-hydrogen) atoms. The van der Waals surface area contributed by atoms with Crippen LogP contribution in [-0.2, 0) is 0 Å². The lowest BCUT2D eigenvalue weighted by Gasteiger charge is -2.33. The van der Waals surface area contributed by atoms with Crippen molar-refractivity contribution in [1.29, 1.82) is 0 Å². The van der Waals surface area contributed by atoms with Crippen molar-refractivity contribution in [3.05, 3.63) is 42.4 Å². The molecule has 6 nitrogen and oxygen atoms in total. The van der Waals surface area contributed by atoms with Gasteiger partial charge in [-0.15, -0.1) is 0 Å². The van der Waals surface area contributed by atoms with Gasteiger partial charge in [0.2, 0.25) is 0 Å². The third kappa shape index (κ3) is 3.37. The largest absolute Gasteiger partial charge is 0.488 e. The maximum absolute atomic E-state index is 10.1. The van der Waals surface area contributed by atoms with Gasteiger partial charge in [-0.05, 0) is 63.3 Å². The van der Waals surface area contributed by atoms with Crippen molar-refractivity contribution < 1.29 is 9.84 Å². The molecular formula is C20H24N4O2. The Hall–Kier alpha value is -2.60. The second kappa shape index (κ2) is 6.29. The van der Waals surface area contributed by atoms with Crippen molar-refractivity contribution in [2.24, 2.45) is 0 Å². The zero-order valence-electron chi connectivity index (χ0n) is 15.1. The van der Waals surface area contributed by atoms with Crippen molar-refractivity contribution in [2.75, 3.05) is 5.73 Å². The molecule has 3 heterocycles. The Labute approximate surface area is 152 Å². The van der Waals surface area contributed by atoms with E-state index in [0.717, 1.165) is 53.8 Å². The summed E-state index contributed by atoms with van der Waals surface area (Å²) in [6.45, 7) is 3.87. The van der Waals surface area contributed by atoms with Gasteiger partial charge < -0.3 is 15.6 Å². The first-order chi connectivity index (χ1) is 12.4. The van der Waals surface area contributed by atoms with Crippen molar-refractivity contribution in [1.82, 2.24) is 14.6 Å². The predicted molar refractivity (Wildman–Crippen MR) is 101 cm³/mol. The highest BCUT2D eigenvalue weighted by molar-refractivity contribution is 5.74. The van der Waals surface area contributed by atoms with Crippen LogP contribution in [0.5, 0.6) is 5.75 Å². The normalized spacial score (nSPS) is 23.3. The van der Waals surface area contributed by atoms with Gasteiger partial charge in [0.15, 0.2) is 0 Å². The highest BCUT2D eigenvalue weighted by Gasteiger charge is 2.30. The quantitative estimate of drug-likeness (QED) is 0.755. The lowest BCUT2D eigenvalue weighted by molar-refractivity contribution is -0.0108. The van der Waals surface area contributed by atoms with Gasteiger partial charge in [-0.3, -0.25) is 4.98 Å². The number of aromatic nitrogens is 3. The number of ether oxygens (including phenoxy) is 1. The molecule has 0 amide bonds. The van der Waals surface area contributed by atoms with Crippen LogP contribution >= 0.6 is 0 Å². The van der Waals surface area contributed by atoms with Crippen LogP contribution in [-0.4, -0.2) is 31.4 Å². The van der Waals surface area contributed by atoms with Crippen LogP contribution in [0.4, 0.5) is 5.82 Å². The van der Waals surface area contributed by atoms with Gasteiger partial charge in [-0.1, -0.05) is 0 Å². The number of anilines is 1. The van der Waals surface area contributed by atoms with E-state index in [4.69, 9.17) is 10.5 Å². The maximum atomic E-state index is 10.1. The van der Waals surface area contributed by atoms with E-state index < -0.39 is 5.60 Å². The average molecular weight is 352 g/mol. The monoisotopic (exact) mass is 352 g/mol. The lowest BCUT2D eigenvalue weighted by atomic mass is 9.85. The Morgan fingerprint density at radius 2 is 2.04 bits per heavy atom. The van der Waals surface area contributed by atoms with Gasteiger partial charge in [0.1, 0.15) is 11.6 Å². The van der Waals surface area contributed by atoms with Crippen LogP contribution in [0.1, 0.15) is 38.3 Å². The van der Waals surface area contributed by atoms with Gasteiger partial charge in [0.25, 0.3) is 0 Å². The van der Waals surface area contributed by atoms with E-state index >= 15 is 0 Å². The van der Waals surface area contributed by atoms with Crippen molar-refractivity contribution in [3.63, 3.8) is 0 Å². The van der Waals surface area contributed by atoms with Crippen LogP contribution < -0.4 is 10.5 Å². The molecule has 0 saturated heterocycles. The Bertz CT molecular complexity index is 938. The third-order valence-corrected chi connectivity index (χ3v) is 5.10. The fourth-order valence-corrected chi connectivity index (χ4v) is 3.56. The summed E-state index contributed by atoms with van der Waals surface area (Å²) in [4.78, 5) is 4.41. The number of nitrogen functional groups attached to an aromatic ring is 1. The molecule has 3 aromatic rings. The second-order valence-corrected chi connectivity index (χ2v) is 7.49. The van der Waals surface area contributed by atoms with E-state index in [9.17, 15) is 5.11 Å². The summed E-state index contributed by atoms with van der Waals surface area (Å²) >= 11 is 0. The van der Waals surface area contributed by atoms with Crippen LogP contribution in [0, 0.1) is 6.92 Å². The molecule has 1 aliphatic rings. The van der Waals surface area contributed by atoms with Crippen LogP contribution in [0.15, 0.2) is 36.7 Å². The summed E-state index contributed by atoms with van der Waals surface area (Å²) in [7, 11) is 0. The number of hydrogen-bond donors (Lipinski definition) is 2. The smallest absolute Gasteiger partial charge is 0.146 e. The molecule has 0 aromatic carbocycles. The predicted octanol–water partition coefficient (Wildman–Crippen LogP) is 3.36. The molecule has 3 aromatic heterocycles. The summed E-state index contributed by atoms with van der Waals surface area (Å²) in [5.41, 5.74) is 9.15. The number of rotatable bonds is 3. The van der Waals surface area contributed by atoms with Crippen LogP contribution in [0.3, 0.4) is 0 Å². The fraction of sp³-hybridized carbons (Fsp3) is 0.400. The van der Waals surface area contributed by atoms with E-state index in [1.54, 1.807) is 10.7 Å². The molecule has 1 fully saturated rings. The number of fused-ring (bicyclic) bond motifs is 1. The van der Waals surface area contributed by atoms with E-state index in [1.165, 1.54) is 0 Å². The van der Waals surface area contributed by atoms with E-state index in [1.807, 2.05) is 38.2 Å². The molecule has 4 rings (SSSR count).